The normalized spacial score (nSPS) is 16.6. The summed E-state index contributed by atoms with van der Waals surface area (Å²) in [4.78, 5) is 21.1. The van der Waals surface area contributed by atoms with E-state index in [1.807, 2.05) is 12.3 Å². The van der Waals surface area contributed by atoms with Crippen molar-refractivity contribution in [2.45, 2.75) is 24.8 Å². The Balaban J connectivity index is 1.58. The molecule has 3 rings (SSSR count). The van der Waals surface area contributed by atoms with Crippen LogP contribution in [0, 0.1) is 0 Å². The van der Waals surface area contributed by atoms with Crippen LogP contribution in [0.4, 0.5) is 10.5 Å². The van der Waals surface area contributed by atoms with Gasteiger partial charge >= 0.3 is 6.03 Å². The van der Waals surface area contributed by atoms with E-state index in [1.54, 1.807) is 36.2 Å². The molecule has 28 heavy (non-hydrogen) atoms. The number of nitrogens with zero attached hydrogens (tertiary/aromatic N) is 3. The lowest BCUT2D eigenvalue weighted by atomic mass is 10.1. The Hall–Kier alpha value is -2.45. The lowest BCUT2D eigenvalue weighted by Gasteiger charge is -2.38. The molecule has 2 aromatic rings. The number of hydrogen-bond donors (Lipinski definition) is 1. The Morgan fingerprint density at radius 1 is 1.18 bits per heavy atom. The van der Waals surface area contributed by atoms with Gasteiger partial charge in [0, 0.05) is 50.3 Å². The highest BCUT2D eigenvalue weighted by atomic mass is 32.2. The summed E-state index contributed by atoms with van der Waals surface area (Å²) in [6.07, 6.45) is 3.64. The van der Waals surface area contributed by atoms with Crippen LogP contribution >= 0.6 is 0 Å². The quantitative estimate of drug-likeness (QED) is 0.832. The summed E-state index contributed by atoms with van der Waals surface area (Å²) in [5.74, 6) is 0.0292. The number of sulfone groups is 1. The van der Waals surface area contributed by atoms with E-state index in [0.717, 1.165) is 18.7 Å². The van der Waals surface area contributed by atoms with Crippen molar-refractivity contribution in [2.75, 3.05) is 37.2 Å². The molecule has 150 valence electrons. The molecule has 1 atom stereocenters. The van der Waals surface area contributed by atoms with E-state index < -0.39 is 9.84 Å². The van der Waals surface area contributed by atoms with Gasteiger partial charge in [-0.05, 0) is 36.8 Å². The van der Waals surface area contributed by atoms with E-state index >= 15 is 0 Å². The minimum atomic E-state index is -3.30. The number of carbonyl (C=O) groups excluding carboxylic acids is 1. The van der Waals surface area contributed by atoms with E-state index in [1.165, 1.54) is 6.07 Å². The molecular weight excluding hydrogens is 376 g/mol. The van der Waals surface area contributed by atoms with Gasteiger partial charge in [0.15, 0.2) is 9.84 Å². The fraction of sp³-hybridized carbons (Fsp3) is 0.400. The molecule has 1 fully saturated rings. The number of anilines is 1. The first-order valence-corrected chi connectivity index (χ1v) is 11.1. The Labute approximate surface area is 166 Å². The standard InChI is InChI=1S/C20H26N4O3S/c1-3-28(26,27)19-8-4-7-18(14-19)22-20(25)24-12-10-23(11-13-24)16(2)17-6-5-9-21-15-17/h4-9,14-16H,3,10-13H2,1-2H3,(H,22,25). The molecule has 0 radical (unpaired) electrons. The second-order valence-corrected chi connectivity index (χ2v) is 9.13. The molecule has 1 aromatic carbocycles. The van der Waals surface area contributed by atoms with E-state index in [0.29, 0.717) is 18.8 Å². The molecule has 1 aliphatic heterocycles. The molecule has 1 saturated heterocycles. The molecule has 7 nitrogen and oxygen atoms in total. The number of benzene rings is 1. The van der Waals surface area contributed by atoms with Crippen LogP contribution in [-0.2, 0) is 9.84 Å². The number of carbonyl (C=O) groups is 1. The van der Waals surface area contributed by atoms with Crippen molar-refractivity contribution in [3.05, 3.63) is 54.4 Å². The largest absolute Gasteiger partial charge is 0.322 e. The lowest BCUT2D eigenvalue weighted by Crippen LogP contribution is -2.50. The highest BCUT2D eigenvalue weighted by Crippen LogP contribution is 2.21. The zero-order chi connectivity index (χ0) is 20.1. The number of aromatic nitrogens is 1. The van der Waals surface area contributed by atoms with Crippen molar-refractivity contribution in [1.82, 2.24) is 14.8 Å². The number of pyridine rings is 1. The minimum Gasteiger partial charge on any atom is -0.322 e. The Bertz CT molecular complexity index is 910. The molecule has 0 aliphatic carbocycles. The maximum absolute atomic E-state index is 12.6. The van der Waals surface area contributed by atoms with Gasteiger partial charge in [-0.25, -0.2) is 13.2 Å². The van der Waals surface area contributed by atoms with Crippen LogP contribution in [0.25, 0.3) is 0 Å². The summed E-state index contributed by atoms with van der Waals surface area (Å²) in [6.45, 7) is 6.52. The average molecular weight is 403 g/mol. The number of nitrogens with one attached hydrogen (secondary N) is 1. The summed E-state index contributed by atoms with van der Waals surface area (Å²) >= 11 is 0. The second-order valence-electron chi connectivity index (χ2n) is 6.85. The van der Waals surface area contributed by atoms with Gasteiger partial charge in [0.2, 0.25) is 0 Å². The topological polar surface area (TPSA) is 82.6 Å². The van der Waals surface area contributed by atoms with Gasteiger partial charge in [-0.15, -0.1) is 0 Å². The summed E-state index contributed by atoms with van der Waals surface area (Å²) in [6, 6.07) is 10.4. The smallest absolute Gasteiger partial charge is 0.321 e. The van der Waals surface area contributed by atoms with Crippen LogP contribution in [0.1, 0.15) is 25.5 Å². The number of urea groups is 1. The first-order chi connectivity index (χ1) is 13.4. The SMILES string of the molecule is CCS(=O)(=O)c1cccc(NC(=O)N2CCN(C(C)c3cccnc3)CC2)c1. The van der Waals surface area contributed by atoms with Crippen LogP contribution in [0.2, 0.25) is 0 Å². The van der Waals surface area contributed by atoms with Crippen LogP contribution in [0.3, 0.4) is 0 Å². The molecule has 1 unspecified atom stereocenters. The summed E-state index contributed by atoms with van der Waals surface area (Å²) in [7, 11) is -3.30. The monoisotopic (exact) mass is 402 g/mol. The van der Waals surface area contributed by atoms with E-state index in [-0.39, 0.29) is 22.7 Å². The average Bonchev–Trinajstić information content (AvgIpc) is 2.74. The molecule has 8 heteroatoms. The third-order valence-electron chi connectivity index (χ3n) is 5.14. The predicted molar refractivity (Wildman–Crippen MR) is 109 cm³/mol. The Kier molecular flexibility index (Phi) is 6.31. The van der Waals surface area contributed by atoms with E-state index in [4.69, 9.17) is 0 Å². The molecule has 1 aliphatic rings. The first kappa shape index (κ1) is 20.3. The van der Waals surface area contributed by atoms with Gasteiger partial charge in [0.25, 0.3) is 0 Å². The summed E-state index contributed by atoms with van der Waals surface area (Å²) in [5.41, 5.74) is 1.65. The van der Waals surface area contributed by atoms with Crippen LogP contribution in [0.5, 0.6) is 0 Å². The zero-order valence-electron chi connectivity index (χ0n) is 16.2. The predicted octanol–water partition coefficient (Wildman–Crippen LogP) is 2.79. The van der Waals surface area contributed by atoms with E-state index in [2.05, 4.69) is 28.2 Å². The molecule has 0 bridgehead atoms. The van der Waals surface area contributed by atoms with Crippen LogP contribution in [0.15, 0.2) is 53.7 Å². The molecule has 0 saturated carbocycles. The Morgan fingerprint density at radius 3 is 2.57 bits per heavy atom. The highest BCUT2D eigenvalue weighted by Gasteiger charge is 2.25. The van der Waals surface area contributed by atoms with Crippen molar-refractivity contribution in [2.24, 2.45) is 0 Å². The number of amides is 2. The van der Waals surface area contributed by atoms with Gasteiger partial charge in [-0.2, -0.15) is 0 Å². The third kappa shape index (κ3) is 4.69. The molecule has 1 aromatic heterocycles. The van der Waals surface area contributed by atoms with Crippen molar-refractivity contribution in [1.29, 1.82) is 0 Å². The molecule has 1 N–H and O–H groups in total. The molecule has 2 heterocycles. The highest BCUT2D eigenvalue weighted by molar-refractivity contribution is 7.91. The maximum Gasteiger partial charge on any atom is 0.321 e. The molecular formula is C20H26N4O3S. The second kappa shape index (κ2) is 8.70. The number of rotatable bonds is 5. The van der Waals surface area contributed by atoms with Gasteiger partial charge < -0.3 is 10.2 Å². The van der Waals surface area contributed by atoms with Crippen LogP contribution in [-0.4, -0.2) is 61.2 Å². The van der Waals surface area contributed by atoms with Gasteiger partial charge in [-0.3, -0.25) is 9.88 Å². The third-order valence-corrected chi connectivity index (χ3v) is 6.87. The van der Waals surface area contributed by atoms with Gasteiger partial charge in [0.05, 0.1) is 10.6 Å². The Morgan fingerprint density at radius 2 is 1.93 bits per heavy atom. The van der Waals surface area contributed by atoms with E-state index in [9.17, 15) is 13.2 Å². The van der Waals surface area contributed by atoms with Crippen LogP contribution < -0.4 is 5.32 Å². The zero-order valence-corrected chi connectivity index (χ0v) is 17.0. The summed E-state index contributed by atoms with van der Waals surface area (Å²) in [5, 5.41) is 2.82. The van der Waals surface area contributed by atoms with Crippen molar-refractivity contribution in [3.8, 4) is 0 Å². The molecule has 0 spiro atoms. The summed E-state index contributed by atoms with van der Waals surface area (Å²) < 4.78 is 24.0. The van der Waals surface area contributed by atoms with Gasteiger partial charge in [0.1, 0.15) is 0 Å². The molecule has 2 amide bonds. The van der Waals surface area contributed by atoms with Gasteiger partial charge in [-0.1, -0.05) is 19.1 Å². The fourth-order valence-corrected chi connectivity index (χ4v) is 4.21. The van der Waals surface area contributed by atoms with Crippen molar-refractivity contribution < 1.29 is 13.2 Å². The van der Waals surface area contributed by atoms with Crippen molar-refractivity contribution >= 4 is 21.6 Å². The fourth-order valence-electron chi connectivity index (χ4n) is 3.28. The van der Waals surface area contributed by atoms with Crippen molar-refractivity contribution in [3.63, 3.8) is 0 Å². The number of piperazine rings is 1. The lowest BCUT2D eigenvalue weighted by molar-refractivity contribution is 0.119. The minimum absolute atomic E-state index is 0.0292. The maximum atomic E-state index is 12.6. The first-order valence-electron chi connectivity index (χ1n) is 9.43. The number of hydrogen-bond acceptors (Lipinski definition) is 5.